The molecule has 3 N–H and O–H groups in total. The third kappa shape index (κ3) is 2.16. The molecule has 0 aliphatic rings. The number of rotatable bonds is 2. The van der Waals surface area contributed by atoms with Gasteiger partial charge in [-0.2, -0.15) is 5.26 Å². The number of benzene rings is 1. The summed E-state index contributed by atoms with van der Waals surface area (Å²) in [6, 6.07) is 6.42. The van der Waals surface area contributed by atoms with Crippen molar-refractivity contribution in [3.63, 3.8) is 0 Å². The molecule has 0 unspecified atom stereocenters. The Morgan fingerprint density at radius 3 is 2.89 bits per heavy atom. The van der Waals surface area contributed by atoms with E-state index in [1.54, 1.807) is 6.07 Å². The predicted octanol–water partition coefficient (Wildman–Crippen LogP) is 2.98. The summed E-state index contributed by atoms with van der Waals surface area (Å²) in [6.07, 6.45) is 1.38. The van der Waals surface area contributed by atoms with E-state index in [0.717, 1.165) is 0 Å². The molecule has 0 fully saturated rings. The Balaban J connectivity index is 2.63. The molecule has 0 radical (unpaired) electrons. The van der Waals surface area contributed by atoms with Crippen molar-refractivity contribution in [3.05, 3.63) is 34.6 Å². The normalized spacial score (nSPS) is 11.4. The van der Waals surface area contributed by atoms with E-state index in [2.05, 4.69) is 0 Å². The molecule has 0 saturated carbocycles. The van der Waals surface area contributed by atoms with E-state index in [1.165, 1.54) is 18.2 Å². The first-order valence-electron chi connectivity index (χ1n) is 4.85. The van der Waals surface area contributed by atoms with Crippen molar-refractivity contribution >= 4 is 45.9 Å². The fraction of sp³-hybridized carbons (Fsp3) is 0. The number of fused-ring (bicyclic) bond motifs is 1. The van der Waals surface area contributed by atoms with Gasteiger partial charge >= 0.3 is 0 Å². The van der Waals surface area contributed by atoms with Gasteiger partial charge in [-0.05, 0) is 12.1 Å². The summed E-state index contributed by atoms with van der Waals surface area (Å²) in [6.45, 7) is 0. The largest absolute Gasteiger partial charge is 0.508 e. The first-order valence-corrected chi connectivity index (χ1v) is 5.64. The van der Waals surface area contributed by atoms with E-state index < -0.39 is 0 Å². The molecule has 0 amide bonds. The van der Waals surface area contributed by atoms with Crippen molar-refractivity contribution in [2.75, 3.05) is 0 Å². The maximum absolute atomic E-state index is 9.34. The molecular weight excluding hydrogens is 272 g/mol. The van der Waals surface area contributed by atoms with Crippen LogP contribution in [0.5, 0.6) is 5.75 Å². The van der Waals surface area contributed by atoms with Crippen LogP contribution in [-0.2, 0) is 0 Å². The molecule has 0 atom stereocenters. The second kappa shape index (κ2) is 4.69. The number of nitrogens with zero attached hydrogens (tertiary/aromatic N) is 1. The number of thiocarbonyl (C=S) groups is 1. The molecule has 0 bridgehead atoms. The van der Waals surface area contributed by atoms with Gasteiger partial charge < -0.3 is 15.3 Å². The van der Waals surface area contributed by atoms with Gasteiger partial charge in [0.15, 0.2) is 0 Å². The van der Waals surface area contributed by atoms with Gasteiger partial charge in [-0.15, -0.1) is 0 Å². The first kappa shape index (κ1) is 12.4. The zero-order valence-electron chi connectivity index (χ0n) is 8.98. The fourth-order valence-corrected chi connectivity index (χ4v) is 1.81. The van der Waals surface area contributed by atoms with Crippen LogP contribution in [0, 0.1) is 11.3 Å². The van der Waals surface area contributed by atoms with Gasteiger partial charge in [0.25, 0.3) is 0 Å². The number of furan rings is 1. The van der Waals surface area contributed by atoms with Gasteiger partial charge in [0.2, 0.25) is 0 Å². The second-order valence-corrected chi connectivity index (χ2v) is 4.31. The van der Waals surface area contributed by atoms with Crippen LogP contribution in [0.3, 0.4) is 0 Å². The fourth-order valence-electron chi connectivity index (χ4n) is 1.46. The number of hydrogen-bond acceptors (Lipinski definition) is 4. The quantitative estimate of drug-likeness (QED) is 0.501. The number of halogens is 1. The SMILES string of the molecule is N#CC(=Cc1oc2cc(O)ccc2c1Cl)C(N)=S. The van der Waals surface area contributed by atoms with E-state index in [9.17, 15) is 5.11 Å². The second-order valence-electron chi connectivity index (χ2n) is 3.49. The molecule has 1 aromatic heterocycles. The molecule has 0 saturated heterocycles. The lowest BCUT2D eigenvalue weighted by molar-refractivity contribution is 0.474. The van der Waals surface area contributed by atoms with Gasteiger partial charge in [0, 0.05) is 17.5 Å². The summed E-state index contributed by atoms with van der Waals surface area (Å²) in [4.78, 5) is -0.0307. The molecule has 18 heavy (non-hydrogen) atoms. The van der Waals surface area contributed by atoms with Gasteiger partial charge in [-0.3, -0.25) is 0 Å². The summed E-state index contributed by atoms with van der Waals surface area (Å²) in [5, 5.41) is 19.2. The zero-order valence-corrected chi connectivity index (χ0v) is 10.5. The maximum atomic E-state index is 9.34. The van der Waals surface area contributed by atoms with E-state index in [0.29, 0.717) is 16.0 Å². The highest BCUT2D eigenvalue weighted by atomic mass is 35.5. The minimum atomic E-state index is -0.0307. The average Bonchev–Trinajstić information content (AvgIpc) is 2.62. The van der Waals surface area contributed by atoms with Crippen LogP contribution in [0.25, 0.3) is 17.0 Å². The monoisotopic (exact) mass is 278 g/mol. The third-order valence-corrected chi connectivity index (χ3v) is 2.91. The highest BCUT2D eigenvalue weighted by molar-refractivity contribution is 7.80. The molecule has 1 aromatic carbocycles. The smallest absolute Gasteiger partial charge is 0.148 e. The van der Waals surface area contributed by atoms with Crippen molar-refractivity contribution in [2.24, 2.45) is 5.73 Å². The molecule has 2 aromatic rings. The Hall–Kier alpha value is -2.03. The van der Waals surface area contributed by atoms with Crippen molar-refractivity contribution in [3.8, 4) is 11.8 Å². The summed E-state index contributed by atoms with van der Waals surface area (Å²) >= 11 is 10.8. The lowest BCUT2D eigenvalue weighted by Crippen LogP contribution is -2.09. The average molecular weight is 279 g/mol. The Morgan fingerprint density at radius 1 is 1.56 bits per heavy atom. The summed E-state index contributed by atoms with van der Waals surface area (Å²) in [5.41, 5.74) is 5.91. The molecule has 2 rings (SSSR count). The summed E-state index contributed by atoms with van der Waals surface area (Å²) in [5.74, 6) is 0.347. The van der Waals surface area contributed by atoms with Crippen molar-refractivity contribution < 1.29 is 9.52 Å². The highest BCUT2D eigenvalue weighted by Crippen LogP contribution is 2.33. The minimum absolute atomic E-state index is 0.0307. The summed E-state index contributed by atoms with van der Waals surface area (Å²) < 4.78 is 5.43. The third-order valence-electron chi connectivity index (χ3n) is 2.30. The molecule has 90 valence electrons. The van der Waals surface area contributed by atoms with Crippen LogP contribution in [0.1, 0.15) is 5.76 Å². The van der Waals surface area contributed by atoms with Crippen LogP contribution in [0.4, 0.5) is 0 Å². The van der Waals surface area contributed by atoms with Crippen LogP contribution in [-0.4, -0.2) is 10.1 Å². The van der Waals surface area contributed by atoms with Gasteiger partial charge in [0.05, 0.1) is 10.6 Å². The summed E-state index contributed by atoms with van der Waals surface area (Å²) in [7, 11) is 0. The lowest BCUT2D eigenvalue weighted by atomic mass is 10.2. The molecular formula is C12H7ClN2O2S. The molecule has 6 heteroatoms. The van der Waals surface area contributed by atoms with Crippen LogP contribution < -0.4 is 5.73 Å². The standard InChI is InChI=1S/C12H7ClN2O2S/c13-11-8-2-1-7(16)4-9(8)17-10(11)3-6(5-14)12(15)18/h1-4,16H,(H2,15,18). The van der Waals surface area contributed by atoms with Crippen LogP contribution in [0.15, 0.2) is 28.2 Å². The molecule has 0 aliphatic heterocycles. The van der Waals surface area contributed by atoms with Gasteiger partial charge in [-0.1, -0.05) is 23.8 Å². The predicted molar refractivity (Wildman–Crippen MR) is 73.3 cm³/mol. The Morgan fingerprint density at radius 2 is 2.28 bits per heavy atom. The van der Waals surface area contributed by atoms with Crippen LogP contribution in [0.2, 0.25) is 5.02 Å². The van der Waals surface area contributed by atoms with Crippen molar-refractivity contribution in [1.82, 2.24) is 0 Å². The molecule has 0 aliphatic carbocycles. The number of nitriles is 1. The number of nitrogens with two attached hydrogens (primary N) is 1. The molecule has 1 heterocycles. The lowest BCUT2D eigenvalue weighted by Gasteiger charge is -1.92. The maximum Gasteiger partial charge on any atom is 0.148 e. The topological polar surface area (TPSA) is 83.2 Å². The molecule has 0 spiro atoms. The van der Waals surface area contributed by atoms with E-state index in [4.69, 9.17) is 39.2 Å². The molecule has 4 nitrogen and oxygen atoms in total. The number of phenols is 1. The Labute approximate surface area is 113 Å². The minimum Gasteiger partial charge on any atom is -0.508 e. The number of aromatic hydroxyl groups is 1. The van der Waals surface area contributed by atoms with Crippen LogP contribution >= 0.6 is 23.8 Å². The van der Waals surface area contributed by atoms with E-state index >= 15 is 0 Å². The van der Waals surface area contributed by atoms with Gasteiger partial charge in [0.1, 0.15) is 28.2 Å². The first-order chi connectivity index (χ1) is 8.52. The van der Waals surface area contributed by atoms with E-state index in [-0.39, 0.29) is 22.1 Å². The number of phenolic OH excluding ortho intramolecular Hbond substituents is 1. The van der Waals surface area contributed by atoms with Crippen molar-refractivity contribution in [2.45, 2.75) is 0 Å². The Kier molecular flexibility index (Phi) is 3.24. The van der Waals surface area contributed by atoms with E-state index in [1.807, 2.05) is 6.07 Å². The zero-order chi connectivity index (χ0) is 13.3. The highest BCUT2D eigenvalue weighted by Gasteiger charge is 2.12. The van der Waals surface area contributed by atoms with Gasteiger partial charge in [-0.25, -0.2) is 0 Å². The number of hydrogen-bond donors (Lipinski definition) is 2. The van der Waals surface area contributed by atoms with Crippen molar-refractivity contribution in [1.29, 1.82) is 5.26 Å². The Bertz CT molecular complexity index is 713.